The summed E-state index contributed by atoms with van der Waals surface area (Å²) >= 11 is 0. The van der Waals surface area contributed by atoms with E-state index >= 15 is 0 Å². The van der Waals surface area contributed by atoms with Crippen LogP contribution in [0.4, 0.5) is 5.69 Å². The largest absolute Gasteiger partial charge is 0.364 e. The van der Waals surface area contributed by atoms with Crippen molar-refractivity contribution in [2.75, 3.05) is 18.0 Å². The van der Waals surface area contributed by atoms with Crippen molar-refractivity contribution in [2.24, 2.45) is 5.92 Å². The summed E-state index contributed by atoms with van der Waals surface area (Å²) in [5.41, 5.74) is 3.71. The van der Waals surface area contributed by atoms with Crippen LogP contribution in [0.1, 0.15) is 37.9 Å². The van der Waals surface area contributed by atoms with Crippen molar-refractivity contribution in [2.45, 2.75) is 46.2 Å². The zero-order valence-corrected chi connectivity index (χ0v) is 13.0. The minimum absolute atomic E-state index is 0.671. The second-order valence-electron chi connectivity index (χ2n) is 6.15. The lowest BCUT2D eigenvalue weighted by Crippen LogP contribution is -2.28. The van der Waals surface area contributed by atoms with E-state index in [0.717, 1.165) is 25.3 Å². The van der Waals surface area contributed by atoms with E-state index in [4.69, 9.17) is 0 Å². The molecular weight excluding hydrogens is 246 g/mol. The zero-order valence-electron chi connectivity index (χ0n) is 13.0. The first-order chi connectivity index (χ1) is 9.61. The standard InChI is InChI=1S/C17H27N3/c1-5-8-20(16-6-7-16)17-9-14(4)19-12-15(17)11-18-10-13(2)3/h5,9,12-13,16,18H,1,6-8,10-11H2,2-4H3. The number of aromatic nitrogens is 1. The zero-order chi connectivity index (χ0) is 14.5. The van der Waals surface area contributed by atoms with Crippen molar-refractivity contribution in [1.29, 1.82) is 0 Å². The maximum atomic E-state index is 4.47. The topological polar surface area (TPSA) is 28.2 Å². The fourth-order valence-corrected chi connectivity index (χ4v) is 2.44. The van der Waals surface area contributed by atoms with Crippen LogP contribution in [-0.2, 0) is 6.54 Å². The molecule has 0 bridgehead atoms. The number of rotatable bonds is 8. The summed E-state index contributed by atoms with van der Waals surface area (Å²) in [7, 11) is 0. The molecule has 0 saturated heterocycles. The van der Waals surface area contributed by atoms with Gasteiger partial charge in [-0.15, -0.1) is 6.58 Å². The van der Waals surface area contributed by atoms with Gasteiger partial charge in [0.1, 0.15) is 0 Å². The number of nitrogens with one attached hydrogen (secondary N) is 1. The van der Waals surface area contributed by atoms with Crippen molar-refractivity contribution in [3.63, 3.8) is 0 Å². The van der Waals surface area contributed by atoms with Gasteiger partial charge in [0.25, 0.3) is 0 Å². The van der Waals surface area contributed by atoms with Crippen LogP contribution >= 0.6 is 0 Å². The Morgan fingerprint density at radius 3 is 2.85 bits per heavy atom. The Kier molecular flexibility index (Phi) is 5.18. The van der Waals surface area contributed by atoms with Crippen molar-refractivity contribution >= 4 is 5.69 Å². The van der Waals surface area contributed by atoms with Gasteiger partial charge in [-0.25, -0.2) is 0 Å². The number of hydrogen-bond donors (Lipinski definition) is 1. The third kappa shape index (κ3) is 4.07. The Hall–Kier alpha value is -1.35. The van der Waals surface area contributed by atoms with Gasteiger partial charge in [0, 0.05) is 42.3 Å². The Bertz CT molecular complexity index is 450. The third-order valence-corrected chi connectivity index (χ3v) is 3.59. The normalized spacial score (nSPS) is 14.6. The van der Waals surface area contributed by atoms with E-state index in [1.165, 1.54) is 24.1 Å². The quantitative estimate of drug-likeness (QED) is 0.737. The second-order valence-corrected chi connectivity index (χ2v) is 6.15. The molecule has 0 aliphatic heterocycles. The van der Waals surface area contributed by atoms with Crippen LogP contribution in [0.3, 0.4) is 0 Å². The summed E-state index contributed by atoms with van der Waals surface area (Å²) in [6.45, 7) is 13.3. The lowest BCUT2D eigenvalue weighted by molar-refractivity contribution is 0.551. The summed E-state index contributed by atoms with van der Waals surface area (Å²) in [5, 5.41) is 3.52. The van der Waals surface area contributed by atoms with Gasteiger partial charge in [-0.3, -0.25) is 4.98 Å². The lowest BCUT2D eigenvalue weighted by Gasteiger charge is -2.26. The van der Waals surface area contributed by atoms with Gasteiger partial charge in [0.15, 0.2) is 0 Å². The van der Waals surface area contributed by atoms with E-state index in [2.05, 4.69) is 48.6 Å². The molecule has 1 aliphatic carbocycles. The molecule has 1 saturated carbocycles. The highest BCUT2D eigenvalue weighted by molar-refractivity contribution is 5.56. The van der Waals surface area contributed by atoms with Crippen LogP contribution in [0, 0.1) is 12.8 Å². The minimum Gasteiger partial charge on any atom is -0.364 e. The Balaban J connectivity index is 2.15. The van der Waals surface area contributed by atoms with Crippen LogP contribution in [0.25, 0.3) is 0 Å². The molecule has 1 heterocycles. The van der Waals surface area contributed by atoms with Gasteiger partial charge >= 0.3 is 0 Å². The first-order valence-electron chi connectivity index (χ1n) is 7.65. The van der Waals surface area contributed by atoms with Crippen molar-refractivity contribution in [1.82, 2.24) is 10.3 Å². The molecule has 1 fully saturated rings. The van der Waals surface area contributed by atoms with Crippen LogP contribution in [0.2, 0.25) is 0 Å². The van der Waals surface area contributed by atoms with Crippen molar-refractivity contribution < 1.29 is 0 Å². The lowest BCUT2D eigenvalue weighted by atomic mass is 10.1. The van der Waals surface area contributed by atoms with E-state index in [1.54, 1.807) is 0 Å². The summed E-state index contributed by atoms with van der Waals surface area (Å²) in [4.78, 5) is 6.95. The average molecular weight is 273 g/mol. The van der Waals surface area contributed by atoms with Crippen molar-refractivity contribution in [3.8, 4) is 0 Å². The first kappa shape index (κ1) is 15.0. The highest BCUT2D eigenvalue weighted by Crippen LogP contribution is 2.33. The molecule has 0 spiro atoms. The number of pyridine rings is 1. The van der Waals surface area contributed by atoms with E-state index in [1.807, 2.05) is 12.3 Å². The SMILES string of the molecule is C=CCN(c1cc(C)ncc1CNCC(C)C)C1CC1. The monoisotopic (exact) mass is 273 g/mol. The Morgan fingerprint density at radius 1 is 1.50 bits per heavy atom. The highest BCUT2D eigenvalue weighted by Gasteiger charge is 2.29. The first-order valence-corrected chi connectivity index (χ1v) is 7.65. The van der Waals surface area contributed by atoms with Gasteiger partial charge in [0.2, 0.25) is 0 Å². The molecular formula is C17H27N3. The number of hydrogen-bond acceptors (Lipinski definition) is 3. The van der Waals surface area contributed by atoms with E-state index < -0.39 is 0 Å². The van der Waals surface area contributed by atoms with E-state index in [-0.39, 0.29) is 0 Å². The predicted octanol–water partition coefficient (Wildman–Crippen LogP) is 3.29. The molecule has 1 aliphatic rings. The maximum Gasteiger partial charge on any atom is 0.0450 e. The molecule has 1 N–H and O–H groups in total. The molecule has 3 nitrogen and oxygen atoms in total. The van der Waals surface area contributed by atoms with Gasteiger partial charge in [-0.2, -0.15) is 0 Å². The average Bonchev–Trinajstić information content (AvgIpc) is 3.22. The molecule has 110 valence electrons. The molecule has 1 aromatic heterocycles. The fourth-order valence-electron chi connectivity index (χ4n) is 2.44. The van der Waals surface area contributed by atoms with Gasteiger partial charge < -0.3 is 10.2 Å². The molecule has 0 aromatic carbocycles. The highest BCUT2D eigenvalue weighted by atomic mass is 15.2. The van der Waals surface area contributed by atoms with Gasteiger partial charge in [-0.1, -0.05) is 19.9 Å². The van der Waals surface area contributed by atoms with Gasteiger partial charge in [-0.05, 0) is 38.3 Å². The van der Waals surface area contributed by atoms with Crippen molar-refractivity contribution in [3.05, 3.63) is 36.2 Å². The fraction of sp³-hybridized carbons (Fsp3) is 0.588. The molecule has 0 unspecified atom stereocenters. The van der Waals surface area contributed by atoms with Crippen LogP contribution in [-0.4, -0.2) is 24.1 Å². The van der Waals surface area contributed by atoms with Crippen LogP contribution < -0.4 is 10.2 Å². The predicted molar refractivity (Wildman–Crippen MR) is 86.1 cm³/mol. The summed E-state index contributed by atoms with van der Waals surface area (Å²) in [6.07, 6.45) is 6.62. The summed E-state index contributed by atoms with van der Waals surface area (Å²) < 4.78 is 0. The van der Waals surface area contributed by atoms with Crippen LogP contribution in [0.5, 0.6) is 0 Å². The molecule has 0 atom stereocenters. The number of aryl methyl sites for hydroxylation is 1. The Labute approximate surface area is 123 Å². The molecule has 0 radical (unpaired) electrons. The maximum absolute atomic E-state index is 4.47. The smallest absolute Gasteiger partial charge is 0.0450 e. The Morgan fingerprint density at radius 2 is 2.25 bits per heavy atom. The molecule has 20 heavy (non-hydrogen) atoms. The van der Waals surface area contributed by atoms with E-state index in [0.29, 0.717) is 12.0 Å². The number of anilines is 1. The molecule has 1 aromatic rings. The second kappa shape index (κ2) is 6.89. The molecule has 0 amide bonds. The minimum atomic E-state index is 0.671. The van der Waals surface area contributed by atoms with Crippen LogP contribution in [0.15, 0.2) is 24.9 Å². The molecule has 2 rings (SSSR count). The number of nitrogens with zero attached hydrogens (tertiary/aromatic N) is 2. The van der Waals surface area contributed by atoms with E-state index in [9.17, 15) is 0 Å². The molecule has 3 heteroatoms. The summed E-state index contributed by atoms with van der Waals surface area (Å²) in [5.74, 6) is 0.671. The van der Waals surface area contributed by atoms with Gasteiger partial charge in [0.05, 0.1) is 0 Å². The third-order valence-electron chi connectivity index (χ3n) is 3.59. The summed E-state index contributed by atoms with van der Waals surface area (Å²) in [6, 6.07) is 2.91.